The van der Waals surface area contributed by atoms with Crippen molar-refractivity contribution in [2.75, 3.05) is 29.6 Å². The van der Waals surface area contributed by atoms with Crippen LogP contribution in [-0.2, 0) is 0 Å². The number of hydrogen-bond donors (Lipinski definition) is 2. The third kappa shape index (κ3) is 4.46. The fraction of sp³-hybridized carbons (Fsp3) is 0.227. The van der Waals surface area contributed by atoms with Crippen molar-refractivity contribution < 1.29 is 4.79 Å². The van der Waals surface area contributed by atoms with E-state index in [0.717, 1.165) is 28.2 Å². The van der Waals surface area contributed by atoms with Gasteiger partial charge in [0.25, 0.3) is 5.91 Å². The van der Waals surface area contributed by atoms with Gasteiger partial charge < -0.3 is 15.5 Å². The largest absolute Gasteiger partial charge is 0.378 e. The number of carbonyl (C=O) groups excluding carboxylic acids is 1. The molecule has 3 rings (SSSR count). The molecule has 1 aromatic heterocycles. The summed E-state index contributed by atoms with van der Waals surface area (Å²) in [5, 5.41) is 6.11. The summed E-state index contributed by atoms with van der Waals surface area (Å²) in [6.07, 6.45) is 0. The number of nitrogens with one attached hydrogen (secondary N) is 2. The number of aromatic nitrogens is 2. The van der Waals surface area contributed by atoms with Crippen molar-refractivity contribution in [3.63, 3.8) is 0 Å². The molecule has 144 valence electrons. The summed E-state index contributed by atoms with van der Waals surface area (Å²) in [5.74, 6) is 0.133. The lowest BCUT2D eigenvalue weighted by atomic mass is 10.1. The lowest BCUT2D eigenvalue weighted by Gasteiger charge is -2.13. The lowest BCUT2D eigenvalue weighted by Crippen LogP contribution is -2.16. The minimum Gasteiger partial charge on any atom is -0.378 e. The van der Waals surface area contributed by atoms with Crippen molar-refractivity contribution in [2.24, 2.45) is 0 Å². The Bertz CT molecular complexity index is 996. The first-order chi connectivity index (χ1) is 13.3. The maximum atomic E-state index is 12.7. The molecule has 1 amide bonds. The van der Waals surface area contributed by atoms with E-state index in [1.807, 2.05) is 82.2 Å². The molecule has 2 N–H and O–H groups in total. The molecular weight excluding hydrogens is 350 g/mol. The Kier molecular flexibility index (Phi) is 5.59. The predicted molar refractivity (Wildman–Crippen MR) is 115 cm³/mol. The summed E-state index contributed by atoms with van der Waals surface area (Å²) in [5.41, 5.74) is 5.95. The normalized spacial score (nSPS) is 10.5. The van der Waals surface area contributed by atoms with Gasteiger partial charge in [-0.3, -0.25) is 4.79 Å². The van der Waals surface area contributed by atoms with Gasteiger partial charge in [-0.2, -0.15) is 0 Å². The fourth-order valence-corrected chi connectivity index (χ4v) is 2.79. The number of rotatable bonds is 5. The van der Waals surface area contributed by atoms with Crippen LogP contribution in [0.4, 0.5) is 23.0 Å². The first-order valence-corrected chi connectivity index (χ1v) is 9.11. The lowest BCUT2D eigenvalue weighted by molar-refractivity contribution is 0.102. The number of benzene rings is 2. The molecular formula is C22H25N5O. The molecule has 2 aromatic carbocycles. The molecule has 0 unspecified atom stereocenters. The zero-order chi connectivity index (χ0) is 20.3. The smallest absolute Gasteiger partial charge is 0.274 e. The Labute approximate surface area is 165 Å². The van der Waals surface area contributed by atoms with Gasteiger partial charge >= 0.3 is 0 Å². The topological polar surface area (TPSA) is 70.2 Å². The van der Waals surface area contributed by atoms with E-state index >= 15 is 0 Å². The Morgan fingerprint density at radius 2 is 1.68 bits per heavy atom. The quantitative estimate of drug-likeness (QED) is 0.689. The van der Waals surface area contributed by atoms with Gasteiger partial charge in [-0.15, -0.1) is 0 Å². The summed E-state index contributed by atoms with van der Waals surface area (Å²) < 4.78 is 0. The molecule has 6 nitrogen and oxygen atoms in total. The van der Waals surface area contributed by atoms with Crippen LogP contribution in [-0.4, -0.2) is 30.0 Å². The minimum atomic E-state index is -0.259. The molecule has 0 aliphatic carbocycles. The van der Waals surface area contributed by atoms with Gasteiger partial charge in [0.15, 0.2) is 0 Å². The first kappa shape index (κ1) is 19.4. The SMILES string of the molecule is Cc1cc(C(=O)Nc2cccc(C)c2C)nc(Nc2ccc(N(C)C)cc2)n1. The van der Waals surface area contributed by atoms with E-state index in [9.17, 15) is 4.79 Å². The molecule has 3 aromatic rings. The Balaban J connectivity index is 1.80. The molecule has 0 fully saturated rings. The number of anilines is 4. The van der Waals surface area contributed by atoms with Crippen LogP contribution < -0.4 is 15.5 Å². The van der Waals surface area contributed by atoms with E-state index in [1.165, 1.54) is 0 Å². The van der Waals surface area contributed by atoms with Crippen molar-refractivity contribution in [1.82, 2.24) is 9.97 Å². The number of nitrogens with zero attached hydrogens (tertiary/aromatic N) is 3. The van der Waals surface area contributed by atoms with Crippen LogP contribution in [0.25, 0.3) is 0 Å². The van der Waals surface area contributed by atoms with Crippen molar-refractivity contribution >= 4 is 28.9 Å². The van der Waals surface area contributed by atoms with Gasteiger partial charge in [0.05, 0.1) is 0 Å². The summed E-state index contributed by atoms with van der Waals surface area (Å²) in [4.78, 5) is 23.5. The van der Waals surface area contributed by atoms with Crippen molar-refractivity contribution in [2.45, 2.75) is 20.8 Å². The second-order valence-electron chi connectivity index (χ2n) is 6.99. The van der Waals surface area contributed by atoms with E-state index in [1.54, 1.807) is 6.07 Å². The Morgan fingerprint density at radius 3 is 2.36 bits per heavy atom. The average molecular weight is 375 g/mol. The van der Waals surface area contributed by atoms with Crippen LogP contribution in [0.1, 0.15) is 27.3 Å². The fourth-order valence-electron chi connectivity index (χ4n) is 2.79. The molecule has 0 aliphatic heterocycles. The van der Waals surface area contributed by atoms with Gasteiger partial charge in [0.2, 0.25) is 5.95 Å². The van der Waals surface area contributed by atoms with E-state index in [2.05, 4.69) is 20.6 Å². The second kappa shape index (κ2) is 8.08. The van der Waals surface area contributed by atoms with E-state index in [-0.39, 0.29) is 5.91 Å². The van der Waals surface area contributed by atoms with Gasteiger partial charge in [0.1, 0.15) is 5.69 Å². The number of hydrogen-bond acceptors (Lipinski definition) is 5. The van der Waals surface area contributed by atoms with E-state index < -0.39 is 0 Å². The van der Waals surface area contributed by atoms with Crippen LogP contribution in [0.15, 0.2) is 48.5 Å². The zero-order valence-corrected chi connectivity index (χ0v) is 16.9. The van der Waals surface area contributed by atoms with Crippen LogP contribution in [0.2, 0.25) is 0 Å². The molecule has 0 bridgehead atoms. The van der Waals surface area contributed by atoms with Crippen LogP contribution >= 0.6 is 0 Å². The molecule has 0 radical (unpaired) electrons. The van der Waals surface area contributed by atoms with E-state index in [4.69, 9.17) is 0 Å². The van der Waals surface area contributed by atoms with Crippen LogP contribution in [0.5, 0.6) is 0 Å². The summed E-state index contributed by atoms with van der Waals surface area (Å²) in [7, 11) is 3.99. The first-order valence-electron chi connectivity index (χ1n) is 9.11. The molecule has 6 heteroatoms. The molecule has 0 atom stereocenters. The molecule has 28 heavy (non-hydrogen) atoms. The Morgan fingerprint density at radius 1 is 0.964 bits per heavy atom. The van der Waals surface area contributed by atoms with Crippen molar-refractivity contribution in [1.29, 1.82) is 0 Å². The molecule has 0 spiro atoms. The monoisotopic (exact) mass is 375 g/mol. The third-order valence-electron chi connectivity index (χ3n) is 4.58. The maximum absolute atomic E-state index is 12.7. The average Bonchev–Trinajstić information content (AvgIpc) is 2.65. The number of aryl methyl sites for hydroxylation is 2. The van der Waals surface area contributed by atoms with Crippen molar-refractivity contribution in [3.8, 4) is 0 Å². The van der Waals surface area contributed by atoms with Crippen molar-refractivity contribution in [3.05, 3.63) is 71.0 Å². The third-order valence-corrected chi connectivity index (χ3v) is 4.58. The summed E-state index contributed by atoms with van der Waals surface area (Å²) in [6, 6.07) is 15.4. The maximum Gasteiger partial charge on any atom is 0.274 e. The molecule has 0 saturated carbocycles. The highest BCUT2D eigenvalue weighted by atomic mass is 16.1. The van der Waals surface area contributed by atoms with E-state index in [0.29, 0.717) is 17.3 Å². The molecule has 0 aliphatic rings. The highest BCUT2D eigenvalue weighted by Crippen LogP contribution is 2.21. The summed E-state index contributed by atoms with van der Waals surface area (Å²) >= 11 is 0. The summed E-state index contributed by atoms with van der Waals surface area (Å²) in [6.45, 7) is 5.85. The number of amides is 1. The standard InChI is InChI=1S/C22H25N5O/c1-14-7-6-8-19(16(14)3)25-21(28)20-13-15(2)23-22(26-20)24-17-9-11-18(12-10-17)27(4)5/h6-13H,1-5H3,(H,25,28)(H,23,24,26). The molecule has 1 heterocycles. The van der Waals surface area contributed by atoms with Gasteiger partial charge in [-0.25, -0.2) is 9.97 Å². The zero-order valence-electron chi connectivity index (χ0n) is 16.9. The second-order valence-corrected chi connectivity index (χ2v) is 6.99. The van der Waals surface area contributed by atoms with Gasteiger partial charge in [0, 0.05) is 36.9 Å². The predicted octanol–water partition coefficient (Wildman–Crippen LogP) is 4.46. The van der Waals surface area contributed by atoms with Crippen LogP contribution in [0, 0.1) is 20.8 Å². The highest BCUT2D eigenvalue weighted by Gasteiger charge is 2.13. The van der Waals surface area contributed by atoms with Gasteiger partial charge in [-0.1, -0.05) is 12.1 Å². The molecule has 0 saturated heterocycles. The van der Waals surface area contributed by atoms with Crippen LogP contribution in [0.3, 0.4) is 0 Å². The minimum absolute atomic E-state index is 0.259. The highest BCUT2D eigenvalue weighted by molar-refractivity contribution is 6.03. The number of carbonyl (C=O) groups is 1. The Hall–Kier alpha value is -3.41. The van der Waals surface area contributed by atoms with Gasteiger partial charge in [-0.05, 0) is 68.3 Å².